The summed E-state index contributed by atoms with van der Waals surface area (Å²) in [5.74, 6) is 1.37. The Balaban J connectivity index is 1.84. The van der Waals surface area contributed by atoms with Gasteiger partial charge >= 0.3 is 0 Å². The van der Waals surface area contributed by atoms with Crippen LogP contribution in [0.5, 0.6) is 34.5 Å². The fourth-order valence-corrected chi connectivity index (χ4v) is 3.94. The zero-order chi connectivity index (χ0) is 25.7. The molecule has 11 nitrogen and oxygen atoms in total. The second-order valence-corrected chi connectivity index (χ2v) is 8.00. The molecule has 1 aliphatic rings. The minimum Gasteiger partial charge on any atom is -0.504 e. The van der Waals surface area contributed by atoms with Gasteiger partial charge in [0.1, 0.15) is 24.4 Å². The van der Waals surface area contributed by atoms with Crippen LogP contribution in [0.25, 0.3) is 0 Å². The van der Waals surface area contributed by atoms with Crippen molar-refractivity contribution in [2.45, 2.75) is 43.5 Å². The van der Waals surface area contributed by atoms with Crippen molar-refractivity contribution in [2.24, 2.45) is 0 Å². The first kappa shape index (κ1) is 26.6. The molecule has 1 fully saturated rings. The predicted molar refractivity (Wildman–Crippen MR) is 123 cm³/mol. The van der Waals surface area contributed by atoms with E-state index in [2.05, 4.69) is 0 Å². The summed E-state index contributed by atoms with van der Waals surface area (Å²) in [7, 11) is 5.93. The van der Waals surface area contributed by atoms with Crippen molar-refractivity contribution in [1.29, 1.82) is 0 Å². The maximum Gasteiger partial charge on any atom is 0.229 e. The average Bonchev–Trinajstić information content (AvgIpc) is 2.86. The van der Waals surface area contributed by atoms with Gasteiger partial charge in [-0.25, -0.2) is 0 Å². The molecule has 0 amide bonds. The van der Waals surface area contributed by atoms with E-state index in [1.165, 1.54) is 34.5 Å². The van der Waals surface area contributed by atoms with Crippen molar-refractivity contribution in [3.05, 3.63) is 35.4 Å². The van der Waals surface area contributed by atoms with Gasteiger partial charge in [0.15, 0.2) is 23.0 Å². The van der Waals surface area contributed by atoms with Crippen LogP contribution >= 0.6 is 0 Å². The third-order valence-corrected chi connectivity index (χ3v) is 5.82. The van der Waals surface area contributed by atoms with Gasteiger partial charge in [0, 0.05) is 0 Å². The van der Waals surface area contributed by atoms with E-state index in [0.29, 0.717) is 35.7 Å². The van der Waals surface area contributed by atoms with Crippen LogP contribution in [0.2, 0.25) is 0 Å². The third-order valence-electron chi connectivity index (χ3n) is 5.82. The highest BCUT2D eigenvalue weighted by Gasteiger charge is 2.45. The molecule has 35 heavy (non-hydrogen) atoms. The van der Waals surface area contributed by atoms with E-state index in [0.717, 1.165) is 5.56 Å². The Morgan fingerprint density at radius 1 is 0.714 bits per heavy atom. The molecular weight excluding hydrogens is 464 g/mol. The number of ether oxygens (including phenoxy) is 6. The molecule has 0 unspecified atom stereocenters. The average molecular weight is 497 g/mol. The van der Waals surface area contributed by atoms with E-state index in [1.807, 2.05) is 12.1 Å². The highest BCUT2D eigenvalue weighted by Crippen LogP contribution is 2.41. The van der Waals surface area contributed by atoms with Gasteiger partial charge in [-0.15, -0.1) is 0 Å². The Kier molecular flexibility index (Phi) is 8.87. The fraction of sp³-hybridized carbons (Fsp3) is 0.500. The molecule has 11 heteroatoms. The fourth-order valence-electron chi connectivity index (χ4n) is 3.94. The van der Waals surface area contributed by atoms with E-state index in [4.69, 9.17) is 28.4 Å². The molecule has 0 radical (unpaired) electrons. The number of phenols is 1. The largest absolute Gasteiger partial charge is 0.504 e. The minimum atomic E-state index is -1.61. The smallest absolute Gasteiger partial charge is 0.229 e. The van der Waals surface area contributed by atoms with Gasteiger partial charge in [-0.3, -0.25) is 0 Å². The molecular formula is C24H32O11. The van der Waals surface area contributed by atoms with E-state index in [-0.39, 0.29) is 17.2 Å². The summed E-state index contributed by atoms with van der Waals surface area (Å²) in [4.78, 5) is 0. The quantitative estimate of drug-likeness (QED) is 0.310. The summed E-state index contributed by atoms with van der Waals surface area (Å²) < 4.78 is 32.5. The van der Waals surface area contributed by atoms with E-state index < -0.39 is 37.3 Å². The highest BCUT2D eigenvalue weighted by atomic mass is 16.7. The molecule has 0 spiro atoms. The molecule has 0 saturated carbocycles. The molecule has 2 aromatic rings. The summed E-state index contributed by atoms with van der Waals surface area (Å²) in [6.45, 7) is -0.595. The van der Waals surface area contributed by atoms with E-state index in [9.17, 15) is 25.5 Å². The molecule has 5 atom stereocenters. The van der Waals surface area contributed by atoms with Crippen LogP contribution in [0.15, 0.2) is 24.3 Å². The van der Waals surface area contributed by atoms with E-state index >= 15 is 0 Å². The number of aliphatic hydroxyl groups excluding tert-OH is 4. The van der Waals surface area contributed by atoms with Gasteiger partial charge in [0.2, 0.25) is 17.8 Å². The lowest BCUT2D eigenvalue weighted by Gasteiger charge is -2.39. The number of phenolic OH excluding ortho intramolecular Hbond substituents is 1. The van der Waals surface area contributed by atoms with E-state index in [1.54, 1.807) is 6.07 Å². The number of rotatable bonds is 10. The van der Waals surface area contributed by atoms with Crippen molar-refractivity contribution < 1.29 is 54.0 Å². The molecule has 1 aliphatic heterocycles. The van der Waals surface area contributed by atoms with Crippen LogP contribution in [-0.2, 0) is 17.6 Å². The summed E-state index contributed by atoms with van der Waals surface area (Å²) in [6, 6.07) is 6.79. The number of aromatic hydroxyl groups is 1. The van der Waals surface area contributed by atoms with Gasteiger partial charge in [-0.1, -0.05) is 0 Å². The zero-order valence-electron chi connectivity index (χ0n) is 20.0. The topological polar surface area (TPSA) is 157 Å². The highest BCUT2D eigenvalue weighted by molar-refractivity contribution is 5.55. The number of hydrogen-bond donors (Lipinski definition) is 5. The lowest BCUT2D eigenvalue weighted by molar-refractivity contribution is -0.277. The van der Waals surface area contributed by atoms with Crippen molar-refractivity contribution in [2.75, 3.05) is 35.0 Å². The Morgan fingerprint density at radius 2 is 1.26 bits per heavy atom. The monoisotopic (exact) mass is 496 g/mol. The second kappa shape index (κ2) is 11.6. The molecule has 3 rings (SSSR count). The number of methoxy groups -OCH3 is 4. The van der Waals surface area contributed by atoms with Crippen molar-refractivity contribution in [1.82, 2.24) is 0 Å². The van der Waals surface area contributed by atoms with Crippen LogP contribution in [0.4, 0.5) is 0 Å². The number of hydrogen-bond acceptors (Lipinski definition) is 11. The Hall–Kier alpha value is -2.96. The van der Waals surface area contributed by atoms with Crippen LogP contribution in [0.3, 0.4) is 0 Å². The zero-order valence-corrected chi connectivity index (χ0v) is 20.0. The maximum atomic E-state index is 10.5. The molecule has 194 valence electrons. The molecule has 1 saturated heterocycles. The van der Waals surface area contributed by atoms with Gasteiger partial charge in [-0.05, 0) is 48.2 Å². The summed E-state index contributed by atoms with van der Waals surface area (Å²) in [6.07, 6.45) is -6.28. The molecule has 2 aromatic carbocycles. The first-order valence-corrected chi connectivity index (χ1v) is 10.9. The summed E-state index contributed by atoms with van der Waals surface area (Å²) >= 11 is 0. The van der Waals surface area contributed by atoms with Crippen molar-refractivity contribution in [3.63, 3.8) is 0 Å². The number of benzene rings is 2. The van der Waals surface area contributed by atoms with Crippen molar-refractivity contribution in [3.8, 4) is 34.5 Å². The first-order chi connectivity index (χ1) is 16.8. The molecule has 1 heterocycles. The number of aryl methyl sites for hydroxylation is 2. The molecule has 0 bridgehead atoms. The lowest BCUT2D eigenvalue weighted by Crippen LogP contribution is -2.60. The number of aliphatic hydroxyl groups is 4. The molecule has 5 N–H and O–H groups in total. The Morgan fingerprint density at radius 3 is 1.77 bits per heavy atom. The minimum absolute atomic E-state index is 0.00139. The summed E-state index contributed by atoms with van der Waals surface area (Å²) in [5, 5.41) is 50.2. The van der Waals surface area contributed by atoms with Gasteiger partial charge in [-0.2, -0.15) is 0 Å². The normalized spacial score (nSPS) is 24.1. The van der Waals surface area contributed by atoms with Crippen molar-refractivity contribution >= 4 is 0 Å². The first-order valence-electron chi connectivity index (χ1n) is 10.9. The van der Waals surface area contributed by atoms with Crippen LogP contribution in [0, 0.1) is 0 Å². The standard InChI is InChI=1S/C24H32O11/c1-30-15-8-13(9-16(31-2)23(15)33-4)6-5-12-7-14(26)22(32-3)17(10-12)34-24-21(29)20(28)19(27)18(11-25)35-24/h7-10,18-21,24-29H,5-6,11H2,1-4H3/t18-,19-,20+,21-,24-/m1/s1. The Bertz CT molecular complexity index is 969. The van der Waals surface area contributed by atoms with Crippen LogP contribution in [-0.4, -0.2) is 91.3 Å². The summed E-state index contributed by atoms with van der Waals surface area (Å²) in [5.41, 5.74) is 1.57. The predicted octanol–water partition coefficient (Wildman–Crippen LogP) is 0.390. The lowest BCUT2D eigenvalue weighted by atomic mass is 9.99. The Labute approximate surface area is 203 Å². The maximum absolute atomic E-state index is 10.5. The molecule has 0 aromatic heterocycles. The van der Waals surface area contributed by atoms with Crippen LogP contribution < -0.4 is 23.7 Å². The van der Waals surface area contributed by atoms with Gasteiger partial charge < -0.3 is 54.0 Å². The van der Waals surface area contributed by atoms with Crippen LogP contribution in [0.1, 0.15) is 11.1 Å². The van der Waals surface area contributed by atoms with Gasteiger partial charge in [0.05, 0.1) is 35.0 Å². The second-order valence-electron chi connectivity index (χ2n) is 8.00. The third kappa shape index (κ3) is 5.65. The SMILES string of the molecule is COc1cc(CCc2cc(O)c(OC)c(O[C@@H]3O[C@H](CO)[C@@H](O)[C@H](O)[C@H]3O)c2)cc(OC)c1OC. The van der Waals surface area contributed by atoms with Gasteiger partial charge in [0.25, 0.3) is 0 Å². The molecule has 0 aliphatic carbocycles.